The molecule has 4 rings (SSSR count). The van der Waals surface area contributed by atoms with Gasteiger partial charge in [-0.1, -0.05) is 18.2 Å². The van der Waals surface area contributed by atoms with Crippen LogP contribution in [-0.4, -0.2) is 69.5 Å². The van der Waals surface area contributed by atoms with Gasteiger partial charge in [-0.15, -0.1) is 0 Å². The first kappa shape index (κ1) is 24.6. The lowest BCUT2D eigenvalue weighted by atomic mass is 10.0. The number of hydrogen-bond acceptors (Lipinski definition) is 8. The number of carbonyl (C=O) groups excluding carboxylic acids is 2. The van der Waals surface area contributed by atoms with E-state index in [0.717, 1.165) is 6.42 Å². The van der Waals surface area contributed by atoms with Crippen molar-refractivity contribution in [3.05, 3.63) is 59.7 Å². The topological polar surface area (TPSA) is 83.5 Å². The van der Waals surface area contributed by atoms with Gasteiger partial charge < -0.3 is 23.7 Å². The average Bonchev–Trinajstić information content (AvgIpc) is 3.03. The molecule has 2 aromatic rings. The molecule has 35 heavy (non-hydrogen) atoms. The zero-order valence-corrected chi connectivity index (χ0v) is 20.4. The van der Waals surface area contributed by atoms with Crippen molar-refractivity contribution < 1.29 is 33.3 Å². The molecule has 2 bridgehead atoms. The third kappa shape index (κ3) is 5.43. The van der Waals surface area contributed by atoms with Crippen LogP contribution in [0.25, 0.3) is 6.08 Å². The first-order valence-electron chi connectivity index (χ1n) is 11.6. The minimum absolute atomic E-state index is 0.0123. The summed E-state index contributed by atoms with van der Waals surface area (Å²) >= 11 is 0. The lowest BCUT2D eigenvalue weighted by molar-refractivity contribution is -0.146. The van der Waals surface area contributed by atoms with Crippen molar-refractivity contribution in [2.75, 3.05) is 28.4 Å². The van der Waals surface area contributed by atoms with Crippen molar-refractivity contribution >= 4 is 18.0 Å². The summed E-state index contributed by atoms with van der Waals surface area (Å²) in [4.78, 5) is 27.4. The molecule has 8 heteroatoms. The SMILES string of the molecule is COc1cc(/C=C/C(=O)O[C@@H]2C[C@@H]3C[C@@H](OC(=O)c4ccccc4)[C@H](C2)N3C)cc(OC)c1OC. The average molecular weight is 482 g/mol. The Balaban J connectivity index is 1.37. The second kappa shape index (κ2) is 10.8. The summed E-state index contributed by atoms with van der Waals surface area (Å²) in [6.07, 6.45) is 4.64. The maximum absolute atomic E-state index is 12.6. The molecule has 2 aliphatic heterocycles. The van der Waals surface area contributed by atoms with E-state index in [4.69, 9.17) is 23.7 Å². The van der Waals surface area contributed by atoms with Crippen LogP contribution < -0.4 is 14.2 Å². The number of piperidine rings is 1. The molecule has 0 aliphatic carbocycles. The summed E-state index contributed by atoms with van der Waals surface area (Å²) in [6.45, 7) is 0. The quantitative estimate of drug-likeness (QED) is 0.417. The highest BCUT2D eigenvalue weighted by molar-refractivity contribution is 5.89. The predicted molar refractivity (Wildman–Crippen MR) is 130 cm³/mol. The third-order valence-electron chi connectivity index (χ3n) is 6.72. The molecule has 2 fully saturated rings. The van der Waals surface area contributed by atoms with E-state index in [1.165, 1.54) is 27.4 Å². The monoisotopic (exact) mass is 481 g/mol. The Morgan fingerprint density at radius 3 is 2.23 bits per heavy atom. The summed E-state index contributed by atoms with van der Waals surface area (Å²) in [5, 5.41) is 0. The van der Waals surface area contributed by atoms with Gasteiger partial charge in [0.2, 0.25) is 5.75 Å². The minimum Gasteiger partial charge on any atom is -0.493 e. The number of benzene rings is 2. The molecule has 0 N–H and O–H groups in total. The molecule has 0 radical (unpaired) electrons. The van der Waals surface area contributed by atoms with E-state index in [-0.39, 0.29) is 30.3 Å². The van der Waals surface area contributed by atoms with Gasteiger partial charge in [-0.3, -0.25) is 4.90 Å². The summed E-state index contributed by atoms with van der Waals surface area (Å²) in [6, 6.07) is 12.7. The molecule has 0 unspecified atom stereocenters. The number of esters is 2. The normalized spacial score (nSPS) is 23.7. The highest BCUT2D eigenvalue weighted by Crippen LogP contribution is 2.39. The zero-order valence-electron chi connectivity index (χ0n) is 20.4. The number of nitrogens with zero attached hydrogens (tertiary/aromatic N) is 1. The van der Waals surface area contributed by atoms with E-state index in [2.05, 4.69) is 4.90 Å². The molecule has 8 nitrogen and oxygen atoms in total. The highest BCUT2D eigenvalue weighted by Gasteiger charge is 2.47. The lowest BCUT2D eigenvalue weighted by Crippen LogP contribution is -2.46. The summed E-state index contributed by atoms with van der Waals surface area (Å²) in [5.41, 5.74) is 1.25. The van der Waals surface area contributed by atoms with Gasteiger partial charge in [-0.25, -0.2) is 9.59 Å². The van der Waals surface area contributed by atoms with Crippen molar-refractivity contribution in [3.63, 3.8) is 0 Å². The van der Waals surface area contributed by atoms with Crippen LogP contribution in [-0.2, 0) is 14.3 Å². The van der Waals surface area contributed by atoms with E-state index >= 15 is 0 Å². The number of rotatable bonds is 8. The van der Waals surface area contributed by atoms with E-state index in [0.29, 0.717) is 41.2 Å². The van der Waals surface area contributed by atoms with Crippen molar-refractivity contribution in [1.82, 2.24) is 4.90 Å². The third-order valence-corrected chi connectivity index (χ3v) is 6.72. The molecule has 2 aliphatic rings. The Bertz CT molecular complexity index is 1060. The standard InChI is InChI=1S/C27H31NO7/c1-28-19-14-20(16-21(28)22(15-19)35-27(30)18-8-6-5-7-9-18)34-25(29)11-10-17-12-23(31-2)26(33-4)24(13-17)32-3/h5-13,19-22H,14-16H2,1-4H3/b11-10+/t19-,20-,21+,22-/m1/s1. The predicted octanol–water partition coefficient (Wildman–Crippen LogP) is 3.73. The second-order valence-corrected chi connectivity index (χ2v) is 8.75. The lowest BCUT2D eigenvalue weighted by Gasteiger charge is -2.36. The number of methoxy groups -OCH3 is 3. The van der Waals surface area contributed by atoms with Crippen LogP contribution in [0.2, 0.25) is 0 Å². The summed E-state index contributed by atoms with van der Waals surface area (Å²) in [5.74, 6) is 0.744. The largest absolute Gasteiger partial charge is 0.493 e. The number of likely N-dealkylation sites (N-methyl/N-ethyl adjacent to an activating group) is 1. The van der Waals surface area contributed by atoms with Gasteiger partial charge in [0.25, 0.3) is 0 Å². The Kier molecular flexibility index (Phi) is 7.60. The zero-order chi connectivity index (χ0) is 24.9. The van der Waals surface area contributed by atoms with Gasteiger partial charge in [0.1, 0.15) is 12.2 Å². The number of fused-ring (bicyclic) bond motifs is 2. The fraction of sp³-hybridized carbons (Fsp3) is 0.407. The van der Waals surface area contributed by atoms with Crippen LogP contribution in [0.4, 0.5) is 0 Å². The minimum atomic E-state index is -0.425. The maximum atomic E-state index is 12.6. The Hall–Kier alpha value is -3.52. The van der Waals surface area contributed by atoms with E-state index < -0.39 is 5.97 Å². The summed E-state index contributed by atoms with van der Waals surface area (Å²) in [7, 11) is 6.65. The van der Waals surface area contributed by atoms with Gasteiger partial charge in [-0.05, 0) is 43.0 Å². The first-order chi connectivity index (χ1) is 16.9. The van der Waals surface area contributed by atoms with Gasteiger partial charge in [0.05, 0.1) is 32.9 Å². The maximum Gasteiger partial charge on any atom is 0.338 e. The molecule has 2 heterocycles. The van der Waals surface area contributed by atoms with Crippen molar-refractivity contribution in [2.24, 2.45) is 0 Å². The van der Waals surface area contributed by atoms with Crippen LogP contribution in [0.3, 0.4) is 0 Å². The van der Waals surface area contributed by atoms with Crippen LogP contribution in [0.15, 0.2) is 48.5 Å². The highest BCUT2D eigenvalue weighted by atomic mass is 16.6. The molecule has 2 aromatic carbocycles. The molecular formula is C27H31NO7. The number of hydrogen-bond donors (Lipinski definition) is 0. The fourth-order valence-electron chi connectivity index (χ4n) is 4.94. The molecule has 0 spiro atoms. The van der Waals surface area contributed by atoms with Gasteiger partial charge in [0, 0.05) is 31.4 Å². The molecule has 0 saturated carbocycles. The van der Waals surface area contributed by atoms with Crippen LogP contribution in [0.5, 0.6) is 17.2 Å². The molecule has 186 valence electrons. The second-order valence-electron chi connectivity index (χ2n) is 8.75. The molecule has 2 saturated heterocycles. The van der Waals surface area contributed by atoms with Gasteiger partial charge in [0.15, 0.2) is 11.5 Å². The van der Waals surface area contributed by atoms with E-state index in [1.54, 1.807) is 30.3 Å². The van der Waals surface area contributed by atoms with Crippen molar-refractivity contribution in [3.8, 4) is 17.2 Å². The van der Waals surface area contributed by atoms with Crippen LogP contribution in [0, 0.1) is 0 Å². The Morgan fingerprint density at radius 2 is 1.60 bits per heavy atom. The number of carbonyl (C=O) groups is 2. The first-order valence-corrected chi connectivity index (χ1v) is 11.6. The molecule has 0 amide bonds. The van der Waals surface area contributed by atoms with Gasteiger partial charge >= 0.3 is 11.9 Å². The van der Waals surface area contributed by atoms with Crippen molar-refractivity contribution in [1.29, 1.82) is 0 Å². The molecular weight excluding hydrogens is 450 g/mol. The smallest absolute Gasteiger partial charge is 0.338 e. The fourth-order valence-corrected chi connectivity index (χ4v) is 4.94. The Morgan fingerprint density at radius 1 is 0.914 bits per heavy atom. The molecule has 4 atom stereocenters. The molecule has 0 aromatic heterocycles. The van der Waals surface area contributed by atoms with E-state index in [9.17, 15) is 9.59 Å². The Labute approximate surface area is 205 Å². The number of ether oxygens (including phenoxy) is 5. The van der Waals surface area contributed by atoms with Crippen molar-refractivity contribution in [2.45, 2.75) is 43.6 Å². The van der Waals surface area contributed by atoms with Crippen LogP contribution in [0.1, 0.15) is 35.2 Å². The summed E-state index contributed by atoms with van der Waals surface area (Å²) < 4.78 is 27.6. The van der Waals surface area contributed by atoms with Gasteiger partial charge in [-0.2, -0.15) is 0 Å². The van der Waals surface area contributed by atoms with E-state index in [1.807, 2.05) is 25.2 Å². The van der Waals surface area contributed by atoms with Crippen LogP contribution >= 0.6 is 0 Å².